The molecule has 0 aliphatic heterocycles. The number of rotatable bonds is 4. The average molecular weight is 304 g/mol. The molecule has 0 saturated heterocycles. The van der Waals surface area contributed by atoms with Crippen LogP contribution in [0.1, 0.15) is 24.0 Å². The van der Waals surface area contributed by atoms with Crippen molar-refractivity contribution in [2.24, 2.45) is 10.9 Å². The van der Waals surface area contributed by atoms with E-state index in [1.54, 1.807) is 18.4 Å². The van der Waals surface area contributed by atoms with E-state index in [0.717, 1.165) is 29.7 Å². The zero-order valence-corrected chi connectivity index (χ0v) is 13.5. The van der Waals surface area contributed by atoms with Gasteiger partial charge in [-0.2, -0.15) is 4.99 Å². The molecule has 2 aromatic rings. The summed E-state index contributed by atoms with van der Waals surface area (Å²) in [7, 11) is 1.69. The fourth-order valence-corrected chi connectivity index (χ4v) is 3.62. The van der Waals surface area contributed by atoms with Gasteiger partial charge in [0.2, 0.25) is 0 Å². The smallest absolute Gasteiger partial charge is 0.251 e. The summed E-state index contributed by atoms with van der Waals surface area (Å²) in [5.41, 5.74) is 3.61. The Labute approximate surface area is 128 Å². The van der Waals surface area contributed by atoms with Gasteiger partial charge in [-0.15, -0.1) is 0 Å². The number of aromatic nitrogens is 1. The molecule has 1 saturated carbocycles. The second kappa shape index (κ2) is 5.73. The fraction of sp³-hybridized carbons (Fsp3) is 0.500. The van der Waals surface area contributed by atoms with Gasteiger partial charge >= 0.3 is 0 Å². The summed E-state index contributed by atoms with van der Waals surface area (Å²) in [5, 5.41) is 0. The molecule has 5 heteroatoms. The van der Waals surface area contributed by atoms with Crippen LogP contribution in [0.25, 0.3) is 10.2 Å². The van der Waals surface area contributed by atoms with E-state index in [-0.39, 0.29) is 11.8 Å². The Morgan fingerprint density at radius 3 is 2.86 bits per heavy atom. The molecular formula is C16H20N2O2S. The van der Waals surface area contributed by atoms with Crippen molar-refractivity contribution in [3.8, 4) is 0 Å². The first kappa shape index (κ1) is 14.5. The third kappa shape index (κ3) is 2.94. The van der Waals surface area contributed by atoms with Gasteiger partial charge in [0.25, 0.3) is 5.91 Å². The van der Waals surface area contributed by atoms with E-state index in [0.29, 0.717) is 6.61 Å². The molecule has 0 N–H and O–H groups in total. The number of thiazole rings is 1. The van der Waals surface area contributed by atoms with E-state index in [9.17, 15) is 4.79 Å². The summed E-state index contributed by atoms with van der Waals surface area (Å²) in [6.07, 6.45) is 1.98. The van der Waals surface area contributed by atoms with Crippen molar-refractivity contribution >= 4 is 27.5 Å². The molecule has 0 unspecified atom stereocenters. The van der Waals surface area contributed by atoms with Gasteiger partial charge in [0.15, 0.2) is 4.80 Å². The van der Waals surface area contributed by atoms with Crippen LogP contribution in [-0.4, -0.2) is 24.2 Å². The summed E-state index contributed by atoms with van der Waals surface area (Å²) in [6, 6.07) is 4.33. The van der Waals surface area contributed by atoms with Gasteiger partial charge in [-0.3, -0.25) is 4.79 Å². The summed E-state index contributed by atoms with van der Waals surface area (Å²) >= 11 is 1.60. The first-order valence-electron chi connectivity index (χ1n) is 7.28. The Morgan fingerprint density at radius 2 is 2.19 bits per heavy atom. The molecule has 21 heavy (non-hydrogen) atoms. The maximum absolute atomic E-state index is 12.0. The largest absolute Gasteiger partial charge is 0.383 e. The Hall–Kier alpha value is -1.46. The van der Waals surface area contributed by atoms with Crippen LogP contribution in [0.2, 0.25) is 0 Å². The van der Waals surface area contributed by atoms with Crippen molar-refractivity contribution in [2.45, 2.75) is 33.2 Å². The molecular weight excluding hydrogens is 284 g/mol. The monoisotopic (exact) mass is 304 g/mol. The van der Waals surface area contributed by atoms with Crippen LogP contribution < -0.4 is 4.80 Å². The summed E-state index contributed by atoms with van der Waals surface area (Å²) < 4.78 is 8.52. The summed E-state index contributed by atoms with van der Waals surface area (Å²) in [5.74, 6) is 0.191. The van der Waals surface area contributed by atoms with Gasteiger partial charge < -0.3 is 9.30 Å². The maximum atomic E-state index is 12.0. The SMILES string of the molecule is COCCn1c(=NC(=O)C2CC2)sc2c(C)cc(C)cc21. The van der Waals surface area contributed by atoms with Crippen molar-refractivity contribution in [3.05, 3.63) is 28.1 Å². The van der Waals surface area contributed by atoms with Gasteiger partial charge in [-0.05, 0) is 43.9 Å². The predicted octanol–water partition coefficient (Wildman–Crippen LogP) is 2.80. The van der Waals surface area contributed by atoms with Crippen LogP contribution in [0.5, 0.6) is 0 Å². The maximum Gasteiger partial charge on any atom is 0.251 e. The number of methoxy groups -OCH3 is 1. The Kier molecular flexibility index (Phi) is 3.95. The number of aryl methyl sites for hydroxylation is 2. The number of nitrogens with zero attached hydrogens (tertiary/aromatic N) is 2. The Morgan fingerprint density at radius 1 is 1.43 bits per heavy atom. The van der Waals surface area contributed by atoms with Gasteiger partial charge in [0, 0.05) is 19.6 Å². The molecule has 1 aliphatic carbocycles. The lowest BCUT2D eigenvalue weighted by atomic mass is 10.1. The third-order valence-electron chi connectivity index (χ3n) is 3.77. The second-order valence-corrected chi connectivity index (χ2v) is 6.66. The van der Waals surface area contributed by atoms with Crippen molar-refractivity contribution < 1.29 is 9.53 Å². The molecule has 1 aromatic carbocycles. The molecule has 0 radical (unpaired) electrons. The Bertz CT molecular complexity index is 753. The number of hydrogen-bond donors (Lipinski definition) is 0. The van der Waals surface area contributed by atoms with Crippen LogP contribution in [0.3, 0.4) is 0 Å². The number of benzene rings is 1. The van der Waals surface area contributed by atoms with Crippen LogP contribution in [0.15, 0.2) is 17.1 Å². The topological polar surface area (TPSA) is 43.6 Å². The highest BCUT2D eigenvalue weighted by Crippen LogP contribution is 2.30. The third-order valence-corrected chi connectivity index (χ3v) is 5.00. The molecule has 0 spiro atoms. The van der Waals surface area contributed by atoms with E-state index in [2.05, 4.69) is 35.5 Å². The number of hydrogen-bond acceptors (Lipinski definition) is 3. The van der Waals surface area contributed by atoms with E-state index >= 15 is 0 Å². The molecule has 112 valence electrons. The van der Waals surface area contributed by atoms with Crippen molar-refractivity contribution in [1.82, 2.24) is 4.57 Å². The molecule has 1 amide bonds. The molecule has 0 bridgehead atoms. The van der Waals surface area contributed by atoms with Crippen molar-refractivity contribution in [3.63, 3.8) is 0 Å². The highest BCUT2D eigenvalue weighted by Gasteiger charge is 2.29. The van der Waals surface area contributed by atoms with E-state index in [4.69, 9.17) is 4.74 Å². The minimum Gasteiger partial charge on any atom is -0.383 e. The minimum absolute atomic E-state index is 0.0297. The zero-order chi connectivity index (χ0) is 15.0. The van der Waals surface area contributed by atoms with Crippen molar-refractivity contribution in [2.75, 3.05) is 13.7 Å². The highest BCUT2D eigenvalue weighted by atomic mass is 32.1. The second-order valence-electron chi connectivity index (χ2n) is 5.68. The normalized spacial score (nSPS) is 15.9. The van der Waals surface area contributed by atoms with Crippen LogP contribution in [0.4, 0.5) is 0 Å². The van der Waals surface area contributed by atoms with E-state index in [1.807, 2.05) is 0 Å². The Balaban J connectivity index is 2.17. The summed E-state index contributed by atoms with van der Waals surface area (Å²) in [6.45, 7) is 5.54. The average Bonchev–Trinajstić information content (AvgIpc) is 3.22. The van der Waals surface area contributed by atoms with Gasteiger partial charge in [-0.25, -0.2) is 0 Å². The predicted molar refractivity (Wildman–Crippen MR) is 84.5 cm³/mol. The molecule has 1 aromatic heterocycles. The number of fused-ring (bicyclic) bond motifs is 1. The lowest BCUT2D eigenvalue weighted by Gasteiger charge is -2.05. The van der Waals surface area contributed by atoms with Crippen LogP contribution in [0, 0.1) is 19.8 Å². The van der Waals surface area contributed by atoms with E-state index < -0.39 is 0 Å². The molecule has 1 aliphatic rings. The quantitative estimate of drug-likeness (QED) is 0.872. The standard InChI is InChI=1S/C16H20N2O2S/c1-10-8-11(2)14-13(9-10)18(6-7-20-3)16(21-14)17-15(19)12-4-5-12/h8-9,12H,4-7H2,1-3H3. The lowest BCUT2D eigenvalue weighted by Crippen LogP contribution is -2.19. The molecule has 0 atom stereocenters. The van der Waals surface area contributed by atoms with Gasteiger partial charge in [0.1, 0.15) is 0 Å². The highest BCUT2D eigenvalue weighted by molar-refractivity contribution is 7.16. The molecule has 1 fully saturated rings. The number of carbonyl (C=O) groups excluding carboxylic acids is 1. The van der Waals surface area contributed by atoms with Crippen LogP contribution >= 0.6 is 11.3 Å². The first-order chi connectivity index (χ1) is 10.1. The fourth-order valence-electron chi connectivity index (χ4n) is 2.51. The summed E-state index contributed by atoms with van der Waals surface area (Å²) in [4.78, 5) is 17.2. The first-order valence-corrected chi connectivity index (χ1v) is 8.10. The van der Waals surface area contributed by atoms with Crippen LogP contribution in [-0.2, 0) is 16.1 Å². The lowest BCUT2D eigenvalue weighted by molar-refractivity contribution is -0.119. The molecule has 4 nitrogen and oxygen atoms in total. The van der Waals surface area contributed by atoms with Crippen molar-refractivity contribution in [1.29, 1.82) is 0 Å². The number of carbonyl (C=O) groups is 1. The number of amides is 1. The minimum atomic E-state index is 0.0297. The molecule has 3 rings (SSSR count). The van der Waals surface area contributed by atoms with E-state index in [1.165, 1.54) is 15.8 Å². The van der Waals surface area contributed by atoms with Gasteiger partial charge in [-0.1, -0.05) is 17.4 Å². The molecule has 1 heterocycles. The zero-order valence-electron chi connectivity index (χ0n) is 12.7. The number of ether oxygens (including phenoxy) is 1. The van der Waals surface area contributed by atoms with Gasteiger partial charge in [0.05, 0.1) is 16.8 Å².